The highest BCUT2D eigenvalue weighted by atomic mass is 35.5. The number of amides is 2. The number of methoxy groups -OCH3 is 1. The molecule has 1 N–H and O–H groups in total. The van der Waals surface area contributed by atoms with Crippen LogP contribution in [-0.4, -0.2) is 57.1 Å². The Morgan fingerprint density at radius 3 is 2.20 bits per heavy atom. The maximum absolute atomic E-state index is 14.1. The fourth-order valence-electron chi connectivity index (χ4n) is 4.16. The van der Waals surface area contributed by atoms with Crippen molar-refractivity contribution in [3.05, 3.63) is 94.0 Å². The van der Waals surface area contributed by atoms with Crippen molar-refractivity contribution in [2.24, 2.45) is 0 Å². The third kappa shape index (κ3) is 8.61. The van der Waals surface area contributed by atoms with Crippen LogP contribution in [0, 0.1) is 0 Å². The summed E-state index contributed by atoms with van der Waals surface area (Å²) in [5.41, 5.74) is 1.74. The van der Waals surface area contributed by atoms with Gasteiger partial charge in [0.05, 0.1) is 29.1 Å². The molecular formula is C29H33Cl2N3O5S. The van der Waals surface area contributed by atoms with E-state index in [1.165, 1.54) is 30.2 Å². The zero-order valence-electron chi connectivity index (χ0n) is 22.8. The van der Waals surface area contributed by atoms with E-state index in [0.717, 1.165) is 16.1 Å². The number of nitrogens with zero attached hydrogens (tertiary/aromatic N) is 2. The van der Waals surface area contributed by atoms with Gasteiger partial charge in [-0.2, -0.15) is 0 Å². The predicted octanol–water partition coefficient (Wildman–Crippen LogP) is 4.93. The van der Waals surface area contributed by atoms with Gasteiger partial charge < -0.3 is 15.0 Å². The van der Waals surface area contributed by atoms with E-state index in [0.29, 0.717) is 11.3 Å². The number of ether oxygens (including phenoxy) is 1. The summed E-state index contributed by atoms with van der Waals surface area (Å²) in [6.45, 7) is 3.15. The Bertz CT molecular complexity index is 1430. The summed E-state index contributed by atoms with van der Waals surface area (Å²) >= 11 is 12.2. The fraction of sp³-hybridized carbons (Fsp3) is 0.310. The predicted molar refractivity (Wildman–Crippen MR) is 159 cm³/mol. The molecule has 0 spiro atoms. The molecule has 0 aliphatic heterocycles. The number of sulfonamides is 1. The van der Waals surface area contributed by atoms with Gasteiger partial charge in [-0.3, -0.25) is 13.9 Å². The first kappa shape index (κ1) is 31.3. The lowest BCUT2D eigenvalue weighted by molar-refractivity contribution is -0.140. The number of halogens is 2. The van der Waals surface area contributed by atoms with Crippen LogP contribution in [0.5, 0.6) is 5.75 Å². The highest BCUT2D eigenvalue weighted by Gasteiger charge is 2.33. The minimum Gasteiger partial charge on any atom is -0.497 e. The van der Waals surface area contributed by atoms with Crippen LogP contribution in [-0.2, 0) is 32.6 Å². The molecule has 0 aliphatic carbocycles. The quantitative estimate of drug-likeness (QED) is 0.316. The molecule has 214 valence electrons. The molecule has 1 atom stereocenters. The Morgan fingerprint density at radius 2 is 1.60 bits per heavy atom. The van der Waals surface area contributed by atoms with E-state index in [1.54, 1.807) is 18.2 Å². The molecule has 0 bridgehead atoms. The SMILES string of the molecule is COc1cccc(CN(C(=O)CN(c2ccc(Cl)c(Cl)c2)S(C)(=O)=O)C(Cc2ccccc2)C(=O)NC(C)C)c1. The Morgan fingerprint density at radius 1 is 0.925 bits per heavy atom. The first-order chi connectivity index (χ1) is 18.9. The van der Waals surface area contributed by atoms with Crippen LogP contribution in [0.3, 0.4) is 0 Å². The second-order valence-corrected chi connectivity index (χ2v) is 12.3. The summed E-state index contributed by atoms with van der Waals surface area (Å²) in [6, 6.07) is 19.7. The zero-order valence-corrected chi connectivity index (χ0v) is 25.1. The molecule has 2 amide bonds. The van der Waals surface area contributed by atoms with E-state index in [2.05, 4.69) is 5.32 Å². The summed E-state index contributed by atoms with van der Waals surface area (Å²) in [6.07, 6.45) is 1.23. The smallest absolute Gasteiger partial charge is 0.244 e. The lowest BCUT2D eigenvalue weighted by Gasteiger charge is -2.34. The van der Waals surface area contributed by atoms with Gasteiger partial charge in [0.25, 0.3) is 0 Å². The summed E-state index contributed by atoms with van der Waals surface area (Å²) < 4.78 is 32.0. The van der Waals surface area contributed by atoms with Crippen LogP contribution in [0.25, 0.3) is 0 Å². The number of nitrogens with one attached hydrogen (secondary N) is 1. The Labute approximate surface area is 245 Å². The number of hydrogen-bond donors (Lipinski definition) is 1. The van der Waals surface area contributed by atoms with E-state index < -0.39 is 28.5 Å². The van der Waals surface area contributed by atoms with Crippen LogP contribution in [0.4, 0.5) is 5.69 Å². The van der Waals surface area contributed by atoms with Crippen LogP contribution in [0.15, 0.2) is 72.8 Å². The Kier molecular flexibility index (Phi) is 10.8. The highest BCUT2D eigenvalue weighted by molar-refractivity contribution is 7.92. The molecular weight excluding hydrogens is 573 g/mol. The molecule has 0 radical (unpaired) electrons. The molecule has 0 aliphatic rings. The monoisotopic (exact) mass is 605 g/mol. The van der Waals surface area contributed by atoms with Crippen molar-refractivity contribution >= 4 is 50.7 Å². The second-order valence-electron chi connectivity index (χ2n) is 9.61. The first-order valence-corrected chi connectivity index (χ1v) is 15.2. The van der Waals surface area contributed by atoms with E-state index in [4.69, 9.17) is 27.9 Å². The van der Waals surface area contributed by atoms with Crippen molar-refractivity contribution < 1.29 is 22.7 Å². The van der Waals surface area contributed by atoms with E-state index in [-0.39, 0.29) is 40.6 Å². The number of benzene rings is 3. The minimum absolute atomic E-state index is 0.0397. The van der Waals surface area contributed by atoms with Gasteiger partial charge in [0.15, 0.2) is 0 Å². The van der Waals surface area contributed by atoms with Crippen LogP contribution >= 0.6 is 23.2 Å². The minimum atomic E-state index is -3.92. The van der Waals surface area contributed by atoms with Gasteiger partial charge in [0.1, 0.15) is 18.3 Å². The summed E-state index contributed by atoms with van der Waals surface area (Å²) in [7, 11) is -2.38. The van der Waals surface area contributed by atoms with Gasteiger partial charge in [-0.15, -0.1) is 0 Å². The number of hydrogen-bond acceptors (Lipinski definition) is 5. The maximum atomic E-state index is 14.1. The highest BCUT2D eigenvalue weighted by Crippen LogP contribution is 2.29. The molecule has 3 aromatic rings. The summed E-state index contributed by atoms with van der Waals surface area (Å²) in [5.74, 6) is -0.334. The average Bonchev–Trinajstić information content (AvgIpc) is 2.90. The van der Waals surface area contributed by atoms with Gasteiger partial charge >= 0.3 is 0 Å². The molecule has 0 aromatic heterocycles. The van der Waals surface area contributed by atoms with Crippen LogP contribution < -0.4 is 14.4 Å². The molecule has 1 unspecified atom stereocenters. The molecule has 0 fully saturated rings. The molecule has 11 heteroatoms. The van der Waals surface area contributed by atoms with E-state index >= 15 is 0 Å². The Hall–Kier alpha value is -3.27. The normalized spacial score (nSPS) is 12.1. The molecule has 0 saturated carbocycles. The molecule has 0 saturated heterocycles. The fourth-order valence-corrected chi connectivity index (χ4v) is 5.29. The van der Waals surface area contributed by atoms with Crippen molar-refractivity contribution in [3.8, 4) is 5.75 Å². The van der Waals surface area contributed by atoms with E-state index in [9.17, 15) is 18.0 Å². The Balaban J connectivity index is 2.08. The second kappa shape index (κ2) is 13.9. The number of carbonyl (C=O) groups excluding carboxylic acids is 2. The van der Waals surface area contributed by atoms with Gasteiger partial charge in [0.2, 0.25) is 21.8 Å². The van der Waals surface area contributed by atoms with E-state index in [1.807, 2.05) is 50.2 Å². The lowest BCUT2D eigenvalue weighted by Crippen LogP contribution is -2.54. The van der Waals surface area contributed by atoms with Crippen molar-refractivity contribution in [1.29, 1.82) is 0 Å². The lowest BCUT2D eigenvalue weighted by atomic mass is 10.0. The number of rotatable bonds is 12. The maximum Gasteiger partial charge on any atom is 0.244 e. The van der Waals surface area contributed by atoms with Crippen molar-refractivity contribution in [1.82, 2.24) is 10.2 Å². The zero-order chi connectivity index (χ0) is 29.4. The molecule has 3 rings (SSSR count). The summed E-state index contributed by atoms with van der Waals surface area (Å²) in [4.78, 5) is 29.0. The average molecular weight is 607 g/mol. The largest absolute Gasteiger partial charge is 0.497 e. The third-order valence-electron chi connectivity index (χ3n) is 6.06. The van der Waals surface area contributed by atoms with Gasteiger partial charge in [-0.05, 0) is 55.3 Å². The standard InChI is InChI=1S/C29H33Cl2N3O5S/c1-20(2)32-29(36)27(16-21-9-6-5-7-10-21)33(18-22-11-8-12-24(15-22)39-3)28(35)19-34(40(4,37)38)23-13-14-25(30)26(31)17-23/h5-15,17,20,27H,16,18-19H2,1-4H3,(H,32,36). The van der Waals surface area contributed by atoms with Crippen molar-refractivity contribution in [3.63, 3.8) is 0 Å². The summed E-state index contributed by atoms with van der Waals surface area (Å²) in [5, 5.41) is 3.31. The topological polar surface area (TPSA) is 96.0 Å². The number of anilines is 1. The van der Waals surface area contributed by atoms with Crippen LogP contribution in [0.2, 0.25) is 10.0 Å². The molecule has 3 aromatic carbocycles. The van der Waals surface area contributed by atoms with Crippen molar-refractivity contribution in [2.75, 3.05) is 24.2 Å². The van der Waals surface area contributed by atoms with Gasteiger partial charge in [-0.1, -0.05) is 65.7 Å². The molecule has 0 heterocycles. The molecule has 8 nitrogen and oxygen atoms in total. The van der Waals surface area contributed by atoms with Crippen LogP contribution in [0.1, 0.15) is 25.0 Å². The number of carbonyl (C=O) groups is 2. The van der Waals surface area contributed by atoms with Gasteiger partial charge in [-0.25, -0.2) is 8.42 Å². The van der Waals surface area contributed by atoms with Gasteiger partial charge in [0, 0.05) is 19.0 Å². The molecule has 40 heavy (non-hydrogen) atoms. The van der Waals surface area contributed by atoms with Crippen molar-refractivity contribution in [2.45, 2.75) is 38.9 Å². The first-order valence-electron chi connectivity index (χ1n) is 12.6. The third-order valence-corrected chi connectivity index (χ3v) is 7.94.